The molecule has 3 aromatic rings. The van der Waals surface area contributed by atoms with Crippen LogP contribution in [0.25, 0.3) is 11.3 Å². The Morgan fingerprint density at radius 2 is 1.96 bits per heavy atom. The van der Waals surface area contributed by atoms with Crippen molar-refractivity contribution in [2.24, 2.45) is 0 Å². The van der Waals surface area contributed by atoms with Crippen molar-refractivity contribution >= 4 is 27.0 Å². The molecule has 3 heterocycles. The highest BCUT2D eigenvalue weighted by Gasteiger charge is 2.39. The van der Waals surface area contributed by atoms with Crippen LogP contribution >= 0.6 is 11.3 Å². The third kappa shape index (κ3) is 2.41. The SMILES string of the molecule is Cc1sc(C)c(S(=O)(=O)N2c3ccccc3C[C@H]2C)c1-c1ccno1. The number of anilines is 1. The maximum absolute atomic E-state index is 13.6. The molecule has 2 aromatic heterocycles. The lowest BCUT2D eigenvalue weighted by Gasteiger charge is -2.25. The molecule has 0 unspecified atom stereocenters. The Morgan fingerprint density at radius 3 is 2.68 bits per heavy atom. The maximum atomic E-state index is 13.6. The summed E-state index contributed by atoms with van der Waals surface area (Å²) in [6, 6.07) is 9.27. The van der Waals surface area contributed by atoms with E-state index in [2.05, 4.69) is 5.16 Å². The highest BCUT2D eigenvalue weighted by Crippen LogP contribution is 2.44. The molecule has 5 nitrogen and oxygen atoms in total. The smallest absolute Gasteiger partial charge is 0.266 e. The van der Waals surface area contributed by atoms with Crippen LogP contribution < -0.4 is 4.31 Å². The molecule has 0 saturated carbocycles. The summed E-state index contributed by atoms with van der Waals surface area (Å²) in [4.78, 5) is 2.00. The second-order valence-corrected chi connectivity index (χ2v) is 9.46. The maximum Gasteiger partial charge on any atom is 0.266 e. The number of fused-ring (bicyclic) bond motifs is 1. The fraction of sp³-hybridized carbons (Fsp3) is 0.278. The van der Waals surface area contributed by atoms with Crippen LogP contribution in [0.1, 0.15) is 22.2 Å². The molecule has 25 heavy (non-hydrogen) atoms. The van der Waals surface area contributed by atoms with Gasteiger partial charge in [0.25, 0.3) is 10.0 Å². The standard InChI is InChI=1S/C18H18N2O3S2/c1-11-10-14-6-4-5-7-15(14)20(11)25(21,22)18-13(3)24-12(2)17(18)16-8-9-19-23-16/h4-9,11H,10H2,1-3H3/t11-/m1/s1. The highest BCUT2D eigenvalue weighted by atomic mass is 32.2. The molecule has 0 aliphatic carbocycles. The average Bonchev–Trinajstić information content (AvgIpc) is 3.23. The van der Waals surface area contributed by atoms with Crippen molar-refractivity contribution in [1.29, 1.82) is 0 Å². The number of nitrogens with zero attached hydrogens (tertiary/aromatic N) is 2. The van der Waals surface area contributed by atoms with E-state index >= 15 is 0 Å². The summed E-state index contributed by atoms with van der Waals surface area (Å²) in [5.41, 5.74) is 2.45. The van der Waals surface area contributed by atoms with Crippen molar-refractivity contribution in [3.63, 3.8) is 0 Å². The van der Waals surface area contributed by atoms with Crippen molar-refractivity contribution in [2.45, 2.75) is 38.1 Å². The van der Waals surface area contributed by atoms with Gasteiger partial charge in [-0.25, -0.2) is 8.42 Å². The topological polar surface area (TPSA) is 63.4 Å². The van der Waals surface area contributed by atoms with Gasteiger partial charge in [-0.05, 0) is 38.8 Å². The van der Waals surface area contributed by atoms with Gasteiger partial charge in [0.2, 0.25) is 0 Å². The second kappa shape index (κ2) is 5.71. The summed E-state index contributed by atoms with van der Waals surface area (Å²) in [6.45, 7) is 5.70. The minimum atomic E-state index is -3.71. The van der Waals surface area contributed by atoms with Crippen molar-refractivity contribution in [3.05, 3.63) is 51.8 Å². The van der Waals surface area contributed by atoms with E-state index in [0.29, 0.717) is 16.2 Å². The molecule has 0 bridgehead atoms. The lowest BCUT2D eigenvalue weighted by molar-refractivity contribution is 0.431. The van der Waals surface area contributed by atoms with Gasteiger partial charge in [-0.2, -0.15) is 0 Å². The van der Waals surface area contributed by atoms with Gasteiger partial charge in [0.05, 0.1) is 17.4 Å². The Hall–Kier alpha value is -2.12. The Kier molecular flexibility index (Phi) is 3.73. The normalized spacial score (nSPS) is 17.1. The van der Waals surface area contributed by atoms with E-state index in [-0.39, 0.29) is 6.04 Å². The van der Waals surface area contributed by atoms with Crippen molar-refractivity contribution in [1.82, 2.24) is 5.16 Å². The first-order valence-corrected chi connectivity index (χ1v) is 10.3. The van der Waals surface area contributed by atoms with Crippen LogP contribution in [0.5, 0.6) is 0 Å². The summed E-state index contributed by atoms with van der Waals surface area (Å²) in [5.74, 6) is 0.487. The minimum absolute atomic E-state index is 0.121. The Balaban J connectivity index is 1.94. The average molecular weight is 374 g/mol. The number of thiophene rings is 1. The summed E-state index contributed by atoms with van der Waals surface area (Å²) < 4.78 is 34.1. The first-order chi connectivity index (χ1) is 11.9. The van der Waals surface area contributed by atoms with Gasteiger partial charge in [-0.15, -0.1) is 11.3 Å². The van der Waals surface area contributed by atoms with E-state index in [1.807, 2.05) is 45.0 Å². The monoisotopic (exact) mass is 374 g/mol. The molecule has 1 aliphatic heterocycles. The van der Waals surface area contributed by atoms with Crippen LogP contribution in [0.2, 0.25) is 0 Å². The number of rotatable bonds is 3. The predicted octanol–water partition coefficient (Wildman–Crippen LogP) is 4.16. The number of aryl methyl sites for hydroxylation is 2. The first-order valence-electron chi connectivity index (χ1n) is 8.04. The van der Waals surface area contributed by atoms with Gasteiger partial charge in [-0.1, -0.05) is 23.4 Å². The Bertz CT molecular complexity index is 1040. The number of hydrogen-bond acceptors (Lipinski definition) is 5. The van der Waals surface area contributed by atoms with Crippen LogP contribution in [0.4, 0.5) is 5.69 Å². The fourth-order valence-electron chi connectivity index (χ4n) is 3.61. The second-order valence-electron chi connectivity index (χ2n) is 6.28. The van der Waals surface area contributed by atoms with Gasteiger partial charge in [0, 0.05) is 21.9 Å². The fourth-order valence-corrected chi connectivity index (χ4v) is 7.13. The van der Waals surface area contributed by atoms with E-state index in [1.54, 1.807) is 10.4 Å². The Morgan fingerprint density at radius 1 is 1.20 bits per heavy atom. The van der Waals surface area contributed by atoms with Gasteiger partial charge in [0.1, 0.15) is 4.90 Å². The lowest BCUT2D eigenvalue weighted by Crippen LogP contribution is -2.36. The summed E-state index contributed by atoms with van der Waals surface area (Å²) in [7, 11) is -3.71. The van der Waals surface area contributed by atoms with Crippen molar-refractivity contribution in [2.75, 3.05) is 4.31 Å². The highest BCUT2D eigenvalue weighted by molar-refractivity contribution is 7.93. The van der Waals surface area contributed by atoms with Gasteiger partial charge in [0.15, 0.2) is 5.76 Å². The van der Waals surface area contributed by atoms with Crippen LogP contribution in [0.3, 0.4) is 0 Å². The molecule has 0 radical (unpaired) electrons. The van der Waals surface area contributed by atoms with E-state index in [4.69, 9.17) is 4.52 Å². The number of benzene rings is 1. The molecule has 4 rings (SSSR count). The molecule has 1 atom stereocenters. The van der Waals surface area contributed by atoms with Gasteiger partial charge < -0.3 is 4.52 Å². The molecule has 0 amide bonds. The number of aromatic nitrogens is 1. The summed E-state index contributed by atoms with van der Waals surface area (Å²) >= 11 is 1.47. The van der Waals surface area contributed by atoms with Crippen LogP contribution in [0, 0.1) is 13.8 Å². The zero-order valence-corrected chi connectivity index (χ0v) is 15.8. The van der Waals surface area contributed by atoms with Crippen molar-refractivity contribution in [3.8, 4) is 11.3 Å². The molecule has 0 fully saturated rings. The zero-order chi connectivity index (χ0) is 17.8. The van der Waals surface area contributed by atoms with E-state index in [0.717, 1.165) is 27.4 Å². The molecule has 130 valence electrons. The predicted molar refractivity (Wildman–Crippen MR) is 98.6 cm³/mol. The minimum Gasteiger partial charge on any atom is -0.356 e. The largest absolute Gasteiger partial charge is 0.356 e. The van der Waals surface area contributed by atoms with E-state index in [1.165, 1.54) is 17.5 Å². The third-order valence-corrected chi connectivity index (χ3v) is 7.80. The first kappa shape index (κ1) is 16.4. The van der Waals surface area contributed by atoms with Crippen LogP contribution in [-0.2, 0) is 16.4 Å². The lowest BCUT2D eigenvalue weighted by atomic mass is 10.1. The zero-order valence-electron chi connectivity index (χ0n) is 14.2. The molecule has 0 N–H and O–H groups in total. The molecule has 1 aromatic carbocycles. The van der Waals surface area contributed by atoms with E-state index in [9.17, 15) is 8.42 Å². The molecule has 0 saturated heterocycles. The number of hydrogen-bond donors (Lipinski definition) is 0. The van der Waals surface area contributed by atoms with Crippen molar-refractivity contribution < 1.29 is 12.9 Å². The van der Waals surface area contributed by atoms with Crippen LogP contribution in [0.15, 0.2) is 45.9 Å². The summed E-state index contributed by atoms with van der Waals surface area (Å²) in [5, 5.41) is 3.74. The molecular formula is C18H18N2O3S2. The van der Waals surface area contributed by atoms with Gasteiger partial charge in [-0.3, -0.25) is 4.31 Å². The molecule has 0 spiro atoms. The quantitative estimate of drug-likeness (QED) is 0.690. The Labute approximate surface area is 150 Å². The van der Waals surface area contributed by atoms with Gasteiger partial charge >= 0.3 is 0 Å². The summed E-state index contributed by atoms with van der Waals surface area (Å²) in [6.07, 6.45) is 2.25. The van der Waals surface area contributed by atoms with Crippen LogP contribution in [-0.4, -0.2) is 19.6 Å². The van der Waals surface area contributed by atoms with E-state index < -0.39 is 10.0 Å². The molecule has 1 aliphatic rings. The number of para-hydroxylation sites is 1. The third-order valence-electron chi connectivity index (χ3n) is 4.55. The molecular weight excluding hydrogens is 356 g/mol. The number of sulfonamides is 1. The molecule has 7 heteroatoms.